The zero-order valence-corrected chi connectivity index (χ0v) is 7.30. The molecule has 1 fully saturated rings. The van der Waals surface area contributed by atoms with Crippen molar-refractivity contribution < 1.29 is 0 Å². The fraction of sp³-hybridized carbons (Fsp3) is 1.00. The predicted molar refractivity (Wildman–Crippen MR) is 44.2 cm³/mol. The minimum atomic E-state index is 0.815. The van der Waals surface area contributed by atoms with Crippen molar-refractivity contribution in [3.05, 3.63) is 0 Å². The van der Waals surface area contributed by atoms with E-state index in [4.69, 9.17) is 0 Å². The topological polar surface area (TPSA) is 6.48 Å². The Hall–Kier alpha value is -0.0800. The SMILES string of the molecule is CN(C)C[C@H]1CCCN1C. The molecule has 0 aromatic heterocycles. The molecule has 1 rings (SSSR count). The van der Waals surface area contributed by atoms with Gasteiger partial charge in [0.1, 0.15) is 0 Å². The normalized spacial score (nSPS) is 28.2. The minimum absolute atomic E-state index is 0.815. The maximum atomic E-state index is 2.46. The highest BCUT2D eigenvalue weighted by Gasteiger charge is 2.20. The third-order valence-corrected chi connectivity index (χ3v) is 2.25. The van der Waals surface area contributed by atoms with Gasteiger partial charge >= 0.3 is 0 Å². The first-order chi connectivity index (χ1) is 4.70. The summed E-state index contributed by atoms with van der Waals surface area (Å²) >= 11 is 0. The second kappa shape index (κ2) is 3.35. The van der Waals surface area contributed by atoms with Crippen molar-refractivity contribution in [2.75, 3.05) is 34.2 Å². The Bertz CT molecular complexity index is 101. The van der Waals surface area contributed by atoms with Gasteiger partial charge in [-0.1, -0.05) is 0 Å². The summed E-state index contributed by atoms with van der Waals surface area (Å²) in [5.41, 5.74) is 0. The van der Waals surface area contributed by atoms with Crippen molar-refractivity contribution in [2.24, 2.45) is 0 Å². The zero-order chi connectivity index (χ0) is 7.56. The molecule has 1 aliphatic heterocycles. The highest BCUT2D eigenvalue weighted by molar-refractivity contribution is 4.77. The zero-order valence-electron chi connectivity index (χ0n) is 7.30. The molecule has 10 heavy (non-hydrogen) atoms. The number of likely N-dealkylation sites (tertiary alicyclic amines) is 1. The summed E-state index contributed by atoms with van der Waals surface area (Å²) in [5, 5.41) is 0. The standard InChI is InChI=1S/C8H18N2/c1-9(2)7-8-5-4-6-10(8)3/h8H,4-7H2,1-3H3/t8-/m1/s1. The van der Waals surface area contributed by atoms with Gasteiger partial charge in [-0.15, -0.1) is 0 Å². The van der Waals surface area contributed by atoms with Gasteiger partial charge in [-0.2, -0.15) is 0 Å². The van der Waals surface area contributed by atoms with Gasteiger partial charge in [0, 0.05) is 12.6 Å². The quantitative estimate of drug-likeness (QED) is 0.558. The number of hydrogen-bond acceptors (Lipinski definition) is 2. The van der Waals surface area contributed by atoms with Gasteiger partial charge in [0.25, 0.3) is 0 Å². The molecule has 0 bridgehead atoms. The van der Waals surface area contributed by atoms with E-state index in [1.165, 1.54) is 25.9 Å². The molecule has 0 saturated carbocycles. The fourth-order valence-electron chi connectivity index (χ4n) is 1.63. The molecule has 2 heteroatoms. The van der Waals surface area contributed by atoms with Crippen LogP contribution in [-0.2, 0) is 0 Å². The van der Waals surface area contributed by atoms with E-state index in [2.05, 4.69) is 30.9 Å². The first-order valence-corrected chi connectivity index (χ1v) is 4.05. The van der Waals surface area contributed by atoms with Gasteiger partial charge in [0.2, 0.25) is 0 Å². The molecule has 0 amide bonds. The highest BCUT2D eigenvalue weighted by Crippen LogP contribution is 2.14. The van der Waals surface area contributed by atoms with E-state index in [1.54, 1.807) is 0 Å². The molecule has 0 radical (unpaired) electrons. The van der Waals surface area contributed by atoms with Crippen LogP contribution in [0.3, 0.4) is 0 Å². The number of likely N-dealkylation sites (N-methyl/N-ethyl adjacent to an activating group) is 2. The van der Waals surface area contributed by atoms with Crippen molar-refractivity contribution in [1.82, 2.24) is 9.80 Å². The van der Waals surface area contributed by atoms with Crippen LogP contribution in [0.1, 0.15) is 12.8 Å². The molecule has 1 atom stereocenters. The highest BCUT2D eigenvalue weighted by atomic mass is 15.2. The first kappa shape index (κ1) is 8.02. The molecule has 0 aliphatic carbocycles. The fourth-order valence-corrected chi connectivity index (χ4v) is 1.63. The lowest BCUT2D eigenvalue weighted by Gasteiger charge is -2.22. The molecule has 0 spiro atoms. The van der Waals surface area contributed by atoms with Crippen LogP contribution in [0.2, 0.25) is 0 Å². The monoisotopic (exact) mass is 142 g/mol. The van der Waals surface area contributed by atoms with Crippen molar-refractivity contribution in [1.29, 1.82) is 0 Å². The number of hydrogen-bond donors (Lipinski definition) is 0. The summed E-state index contributed by atoms with van der Waals surface area (Å²) in [6.07, 6.45) is 2.77. The van der Waals surface area contributed by atoms with Crippen molar-refractivity contribution >= 4 is 0 Å². The molecule has 0 aromatic carbocycles. The van der Waals surface area contributed by atoms with Crippen LogP contribution < -0.4 is 0 Å². The minimum Gasteiger partial charge on any atom is -0.308 e. The Labute approximate surface area is 63.8 Å². The summed E-state index contributed by atoms with van der Waals surface area (Å²) in [7, 11) is 6.51. The Morgan fingerprint density at radius 3 is 2.60 bits per heavy atom. The van der Waals surface area contributed by atoms with E-state index in [-0.39, 0.29) is 0 Å². The van der Waals surface area contributed by atoms with E-state index in [0.717, 1.165) is 6.04 Å². The van der Waals surface area contributed by atoms with Crippen LogP contribution in [0, 0.1) is 0 Å². The lowest BCUT2D eigenvalue weighted by Crippen LogP contribution is -2.34. The third-order valence-electron chi connectivity index (χ3n) is 2.25. The molecular weight excluding hydrogens is 124 g/mol. The van der Waals surface area contributed by atoms with E-state index in [9.17, 15) is 0 Å². The summed E-state index contributed by atoms with van der Waals surface area (Å²) in [4.78, 5) is 4.73. The Morgan fingerprint density at radius 1 is 1.50 bits per heavy atom. The summed E-state index contributed by atoms with van der Waals surface area (Å²) in [6, 6.07) is 0.815. The molecule has 60 valence electrons. The van der Waals surface area contributed by atoms with Gasteiger partial charge in [0.05, 0.1) is 0 Å². The van der Waals surface area contributed by atoms with Crippen LogP contribution in [0.15, 0.2) is 0 Å². The van der Waals surface area contributed by atoms with Crippen molar-refractivity contribution in [3.63, 3.8) is 0 Å². The predicted octanol–water partition coefficient (Wildman–Crippen LogP) is 0.642. The van der Waals surface area contributed by atoms with Crippen LogP contribution in [-0.4, -0.2) is 50.1 Å². The average molecular weight is 142 g/mol. The number of rotatable bonds is 2. The van der Waals surface area contributed by atoms with Gasteiger partial charge in [-0.25, -0.2) is 0 Å². The summed E-state index contributed by atoms with van der Waals surface area (Å²) < 4.78 is 0. The number of nitrogens with zero attached hydrogens (tertiary/aromatic N) is 2. The lowest BCUT2D eigenvalue weighted by molar-refractivity contribution is 0.244. The maximum absolute atomic E-state index is 2.46. The Morgan fingerprint density at radius 2 is 2.20 bits per heavy atom. The lowest BCUT2D eigenvalue weighted by atomic mass is 10.2. The molecule has 0 aromatic rings. The Balaban J connectivity index is 2.26. The maximum Gasteiger partial charge on any atom is 0.0220 e. The van der Waals surface area contributed by atoms with Crippen molar-refractivity contribution in [3.8, 4) is 0 Å². The van der Waals surface area contributed by atoms with Gasteiger partial charge in [-0.05, 0) is 40.5 Å². The molecule has 1 aliphatic rings. The average Bonchev–Trinajstić information content (AvgIpc) is 2.15. The van der Waals surface area contributed by atoms with E-state index >= 15 is 0 Å². The molecule has 0 N–H and O–H groups in total. The first-order valence-electron chi connectivity index (χ1n) is 4.05. The Kier molecular flexibility index (Phi) is 2.69. The molecule has 2 nitrogen and oxygen atoms in total. The third kappa shape index (κ3) is 1.96. The van der Waals surface area contributed by atoms with E-state index in [1.807, 2.05) is 0 Å². The molecule has 1 saturated heterocycles. The molecule has 1 heterocycles. The summed E-state index contributed by atoms with van der Waals surface area (Å²) in [5.74, 6) is 0. The van der Waals surface area contributed by atoms with E-state index in [0.29, 0.717) is 0 Å². The smallest absolute Gasteiger partial charge is 0.0220 e. The second-order valence-electron chi connectivity index (χ2n) is 3.54. The van der Waals surface area contributed by atoms with Gasteiger partial charge in [0.15, 0.2) is 0 Å². The molecular formula is C8H18N2. The van der Waals surface area contributed by atoms with E-state index < -0.39 is 0 Å². The van der Waals surface area contributed by atoms with Crippen molar-refractivity contribution in [2.45, 2.75) is 18.9 Å². The summed E-state index contributed by atoms with van der Waals surface area (Å²) in [6.45, 7) is 2.51. The molecule has 0 unspecified atom stereocenters. The second-order valence-corrected chi connectivity index (χ2v) is 3.54. The van der Waals surface area contributed by atoms with Crippen LogP contribution in [0.5, 0.6) is 0 Å². The van der Waals surface area contributed by atoms with Gasteiger partial charge in [-0.3, -0.25) is 0 Å². The van der Waals surface area contributed by atoms with Gasteiger partial charge < -0.3 is 9.80 Å². The van der Waals surface area contributed by atoms with Crippen LogP contribution in [0.25, 0.3) is 0 Å². The van der Waals surface area contributed by atoms with Crippen LogP contribution in [0.4, 0.5) is 0 Å². The largest absolute Gasteiger partial charge is 0.308 e. The van der Waals surface area contributed by atoms with Crippen LogP contribution >= 0.6 is 0 Å².